The Labute approximate surface area is 141 Å². The molecule has 0 saturated carbocycles. The summed E-state index contributed by atoms with van der Waals surface area (Å²) in [4.78, 5) is 8.12. The van der Waals surface area contributed by atoms with Crippen LogP contribution in [0.4, 0.5) is 0 Å². The van der Waals surface area contributed by atoms with Crippen LogP contribution >= 0.6 is 27.5 Å². The molecule has 0 atom stereocenters. The second kappa shape index (κ2) is 5.45. The highest BCUT2D eigenvalue weighted by molar-refractivity contribution is 9.10. The lowest BCUT2D eigenvalue weighted by Gasteiger charge is -2.07. The van der Waals surface area contributed by atoms with Gasteiger partial charge in [-0.1, -0.05) is 45.7 Å². The lowest BCUT2D eigenvalue weighted by atomic mass is 10.0. The van der Waals surface area contributed by atoms with E-state index in [0.29, 0.717) is 0 Å². The zero-order chi connectivity index (χ0) is 15.1. The minimum atomic E-state index is 0.727. The van der Waals surface area contributed by atoms with Crippen LogP contribution in [0.1, 0.15) is 5.56 Å². The van der Waals surface area contributed by atoms with Crippen LogP contribution in [0.15, 0.2) is 51.9 Å². The number of hydrogen-bond donors (Lipinski definition) is 2. The minimum Gasteiger partial charge on any atom is -0.368 e. The van der Waals surface area contributed by atoms with Crippen molar-refractivity contribution in [2.24, 2.45) is 4.99 Å². The van der Waals surface area contributed by atoms with E-state index in [1.54, 1.807) is 0 Å². The number of H-pyrrole nitrogens is 1. The quantitative estimate of drug-likeness (QED) is 0.676. The smallest absolute Gasteiger partial charge is 0.131 e. The molecule has 0 aliphatic carbocycles. The van der Waals surface area contributed by atoms with Crippen molar-refractivity contribution in [2.75, 3.05) is 13.1 Å². The Morgan fingerprint density at radius 2 is 2.00 bits per heavy atom. The minimum absolute atomic E-state index is 0.727. The summed E-state index contributed by atoms with van der Waals surface area (Å²) >= 11 is 9.84. The summed E-state index contributed by atoms with van der Waals surface area (Å²) in [6, 6.07) is 14.1. The van der Waals surface area contributed by atoms with Gasteiger partial charge in [-0.15, -0.1) is 0 Å². The highest BCUT2D eigenvalue weighted by Gasteiger charge is 2.21. The van der Waals surface area contributed by atoms with Gasteiger partial charge >= 0.3 is 0 Å². The average molecular weight is 375 g/mol. The molecule has 2 aromatic carbocycles. The molecule has 2 N–H and O–H groups in total. The highest BCUT2D eigenvalue weighted by Crippen LogP contribution is 2.35. The van der Waals surface area contributed by atoms with Gasteiger partial charge in [0.1, 0.15) is 5.84 Å². The van der Waals surface area contributed by atoms with Gasteiger partial charge < -0.3 is 10.3 Å². The molecule has 1 aliphatic heterocycles. The predicted octanol–water partition coefficient (Wildman–Crippen LogP) is 4.60. The first-order chi connectivity index (χ1) is 10.7. The first-order valence-corrected chi connectivity index (χ1v) is 8.26. The molecular formula is C17H13BrClN3. The lowest BCUT2D eigenvalue weighted by molar-refractivity contribution is 0.960. The van der Waals surface area contributed by atoms with E-state index >= 15 is 0 Å². The Bertz CT molecular complexity index is 898. The van der Waals surface area contributed by atoms with E-state index in [9.17, 15) is 0 Å². The van der Waals surface area contributed by atoms with Crippen LogP contribution in [-0.2, 0) is 0 Å². The molecule has 22 heavy (non-hydrogen) atoms. The SMILES string of the molecule is Clc1ccc2[nH]c(-c3ccccc3Br)c(C3=NCCN3)c2c1. The zero-order valence-corrected chi connectivity index (χ0v) is 14.0. The zero-order valence-electron chi connectivity index (χ0n) is 11.7. The molecule has 110 valence electrons. The van der Waals surface area contributed by atoms with Gasteiger partial charge in [0.05, 0.1) is 12.2 Å². The van der Waals surface area contributed by atoms with Gasteiger partial charge in [-0.25, -0.2) is 0 Å². The van der Waals surface area contributed by atoms with Gasteiger partial charge in [-0.3, -0.25) is 4.99 Å². The van der Waals surface area contributed by atoms with Crippen LogP contribution in [0.25, 0.3) is 22.2 Å². The number of amidine groups is 1. The number of aliphatic imine (C=N–C) groups is 1. The van der Waals surface area contributed by atoms with Gasteiger partial charge in [0.2, 0.25) is 0 Å². The van der Waals surface area contributed by atoms with Crippen LogP contribution in [0.5, 0.6) is 0 Å². The van der Waals surface area contributed by atoms with E-state index < -0.39 is 0 Å². The topological polar surface area (TPSA) is 40.2 Å². The van der Waals surface area contributed by atoms with E-state index in [1.165, 1.54) is 0 Å². The third kappa shape index (κ3) is 2.23. The normalized spacial score (nSPS) is 14.2. The summed E-state index contributed by atoms with van der Waals surface area (Å²) in [6.45, 7) is 1.68. The van der Waals surface area contributed by atoms with Crippen molar-refractivity contribution in [3.63, 3.8) is 0 Å². The lowest BCUT2D eigenvalue weighted by Crippen LogP contribution is -2.19. The van der Waals surface area contributed by atoms with Crippen LogP contribution in [0.3, 0.4) is 0 Å². The van der Waals surface area contributed by atoms with Gasteiger partial charge in [-0.05, 0) is 24.3 Å². The molecule has 0 unspecified atom stereocenters. The van der Waals surface area contributed by atoms with E-state index in [1.807, 2.05) is 36.4 Å². The Kier molecular flexibility index (Phi) is 3.43. The summed E-state index contributed by atoms with van der Waals surface area (Å²) in [5.41, 5.74) is 4.31. The molecule has 3 nitrogen and oxygen atoms in total. The van der Waals surface area contributed by atoms with E-state index in [2.05, 4.69) is 37.3 Å². The number of fused-ring (bicyclic) bond motifs is 1. The molecule has 0 bridgehead atoms. The summed E-state index contributed by atoms with van der Waals surface area (Å²) in [5.74, 6) is 0.930. The largest absolute Gasteiger partial charge is 0.368 e. The summed E-state index contributed by atoms with van der Waals surface area (Å²) in [7, 11) is 0. The average Bonchev–Trinajstić information content (AvgIpc) is 3.14. The molecule has 0 amide bonds. The first kappa shape index (κ1) is 13.9. The number of aromatic nitrogens is 1. The standard InChI is InChI=1S/C17H13BrClN3/c18-13-4-2-1-3-11(13)16-15(17-20-7-8-21-17)12-9-10(19)5-6-14(12)22-16/h1-6,9,22H,7-8H2,(H,20,21). The molecule has 3 aromatic rings. The summed E-state index contributed by atoms with van der Waals surface area (Å²) in [5, 5.41) is 5.19. The van der Waals surface area contributed by atoms with Gasteiger partial charge in [-0.2, -0.15) is 0 Å². The van der Waals surface area contributed by atoms with Crippen molar-refractivity contribution in [1.29, 1.82) is 0 Å². The van der Waals surface area contributed by atoms with E-state index in [4.69, 9.17) is 11.6 Å². The fourth-order valence-electron chi connectivity index (χ4n) is 2.84. The Hall–Kier alpha value is -1.78. The summed E-state index contributed by atoms with van der Waals surface area (Å²) < 4.78 is 1.05. The van der Waals surface area contributed by atoms with Crippen LogP contribution in [0.2, 0.25) is 5.02 Å². The van der Waals surface area contributed by atoms with Crippen molar-refractivity contribution >= 4 is 44.3 Å². The Balaban J connectivity index is 2.05. The van der Waals surface area contributed by atoms with Crippen molar-refractivity contribution in [3.8, 4) is 11.3 Å². The van der Waals surface area contributed by atoms with Crippen molar-refractivity contribution in [1.82, 2.24) is 10.3 Å². The maximum absolute atomic E-state index is 6.20. The van der Waals surface area contributed by atoms with E-state index in [-0.39, 0.29) is 0 Å². The molecule has 1 aliphatic rings. The highest BCUT2D eigenvalue weighted by atomic mass is 79.9. The third-order valence-electron chi connectivity index (χ3n) is 3.81. The van der Waals surface area contributed by atoms with Crippen LogP contribution < -0.4 is 5.32 Å². The van der Waals surface area contributed by atoms with Crippen molar-refractivity contribution in [3.05, 3.63) is 57.5 Å². The molecule has 0 spiro atoms. The number of nitrogens with one attached hydrogen (secondary N) is 2. The number of aromatic amines is 1. The molecule has 0 saturated heterocycles. The second-order valence-electron chi connectivity index (χ2n) is 5.20. The Morgan fingerprint density at radius 1 is 1.14 bits per heavy atom. The van der Waals surface area contributed by atoms with E-state index in [0.717, 1.165) is 56.1 Å². The van der Waals surface area contributed by atoms with Crippen LogP contribution in [-0.4, -0.2) is 23.9 Å². The Morgan fingerprint density at radius 3 is 2.77 bits per heavy atom. The van der Waals surface area contributed by atoms with Crippen LogP contribution in [0, 0.1) is 0 Å². The first-order valence-electron chi connectivity index (χ1n) is 7.09. The molecule has 2 heterocycles. The molecule has 5 heteroatoms. The van der Waals surface area contributed by atoms with Gasteiger partial charge in [0, 0.05) is 38.1 Å². The van der Waals surface area contributed by atoms with Gasteiger partial charge in [0.15, 0.2) is 0 Å². The molecule has 1 aromatic heterocycles. The summed E-state index contributed by atoms with van der Waals surface area (Å²) in [6.07, 6.45) is 0. The number of benzene rings is 2. The fraction of sp³-hybridized carbons (Fsp3) is 0.118. The van der Waals surface area contributed by atoms with Crippen molar-refractivity contribution < 1.29 is 0 Å². The number of hydrogen-bond acceptors (Lipinski definition) is 2. The molecule has 0 radical (unpaired) electrons. The molecule has 0 fully saturated rings. The second-order valence-corrected chi connectivity index (χ2v) is 6.49. The number of halogens is 2. The fourth-order valence-corrected chi connectivity index (χ4v) is 3.50. The molecular weight excluding hydrogens is 362 g/mol. The predicted molar refractivity (Wildman–Crippen MR) is 95.9 cm³/mol. The third-order valence-corrected chi connectivity index (χ3v) is 4.74. The maximum Gasteiger partial charge on any atom is 0.131 e. The maximum atomic E-state index is 6.20. The molecule has 4 rings (SSSR count). The monoisotopic (exact) mass is 373 g/mol. The number of nitrogens with zero attached hydrogens (tertiary/aromatic N) is 1. The van der Waals surface area contributed by atoms with Crippen molar-refractivity contribution in [2.45, 2.75) is 0 Å². The number of rotatable bonds is 2. The van der Waals surface area contributed by atoms with Gasteiger partial charge in [0.25, 0.3) is 0 Å².